The molecule has 33 heavy (non-hydrogen) atoms. The number of aliphatic carboxylic acids is 1. The number of carboxylic acids is 1. The van der Waals surface area contributed by atoms with E-state index in [-0.39, 0.29) is 11.8 Å². The minimum Gasteiger partial charge on any atom is -0.508 e. The Labute approximate surface area is 197 Å². The van der Waals surface area contributed by atoms with E-state index >= 15 is 0 Å². The number of hydrogen-bond donors (Lipinski definition) is 3. The number of aromatic hydroxyl groups is 1. The lowest BCUT2D eigenvalue weighted by atomic mass is 9.87. The molecule has 0 saturated carbocycles. The number of nitrogens with zero attached hydrogens (tertiary/aromatic N) is 1. The van der Waals surface area contributed by atoms with Crippen molar-refractivity contribution in [1.82, 2.24) is 10.2 Å². The highest BCUT2D eigenvalue weighted by Gasteiger charge is 2.26. The number of phenolic OH excluding ortho intramolecular Hbond substituents is 1. The van der Waals surface area contributed by atoms with E-state index in [4.69, 9.17) is 5.11 Å². The fourth-order valence-corrected chi connectivity index (χ4v) is 4.33. The number of amides is 1. The van der Waals surface area contributed by atoms with Crippen LogP contribution in [0.1, 0.15) is 69.6 Å². The predicted octanol–water partition coefficient (Wildman–Crippen LogP) is 4.69. The lowest BCUT2D eigenvalue weighted by Crippen LogP contribution is -2.38. The van der Waals surface area contributed by atoms with E-state index < -0.39 is 12.0 Å². The Balaban J connectivity index is 0.000000357. The predicted molar refractivity (Wildman–Crippen MR) is 132 cm³/mol. The first kappa shape index (κ1) is 26.4. The molecule has 0 aromatic heterocycles. The molecule has 3 N–H and O–H groups in total. The second-order valence-electron chi connectivity index (χ2n) is 9.24. The fraction of sp³-hybridized carbons (Fsp3) is 0.481. The van der Waals surface area contributed by atoms with Gasteiger partial charge in [0.25, 0.3) is 0 Å². The van der Waals surface area contributed by atoms with E-state index in [2.05, 4.69) is 75.2 Å². The van der Waals surface area contributed by atoms with E-state index in [0.717, 1.165) is 18.5 Å². The molecule has 0 bridgehead atoms. The van der Waals surface area contributed by atoms with Gasteiger partial charge in [0.15, 0.2) is 0 Å². The average molecular weight is 455 g/mol. The monoisotopic (exact) mass is 454 g/mol. The van der Waals surface area contributed by atoms with Crippen LogP contribution in [0.4, 0.5) is 0 Å². The molecule has 0 aliphatic carbocycles. The van der Waals surface area contributed by atoms with Crippen LogP contribution in [0, 0.1) is 6.92 Å². The molecular weight excluding hydrogens is 416 g/mol. The fourth-order valence-electron chi connectivity index (χ4n) is 4.33. The van der Waals surface area contributed by atoms with Crippen molar-refractivity contribution in [2.45, 2.75) is 77.9 Å². The largest absolute Gasteiger partial charge is 0.508 e. The van der Waals surface area contributed by atoms with Gasteiger partial charge in [0, 0.05) is 30.0 Å². The van der Waals surface area contributed by atoms with E-state index in [0.29, 0.717) is 30.7 Å². The third-order valence-electron chi connectivity index (χ3n) is 6.06. The molecule has 0 radical (unpaired) electrons. The van der Waals surface area contributed by atoms with Crippen molar-refractivity contribution < 1.29 is 19.8 Å². The highest BCUT2D eigenvalue weighted by atomic mass is 16.4. The van der Waals surface area contributed by atoms with Crippen molar-refractivity contribution in [2.24, 2.45) is 0 Å². The molecule has 0 unspecified atom stereocenters. The number of hydrogen-bond acceptors (Lipinski definition) is 4. The van der Waals surface area contributed by atoms with E-state index in [9.17, 15) is 14.7 Å². The van der Waals surface area contributed by atoms with E-state index in [1.54, 1.807) is 0 Å². The molecule has 2 aromatic rings. The summed E-state index contributed by atoms with van der Waals surface area (Å²) in [6, 6.07) is 16.9. The maximum absolute atomic E-state index is 10.4. The molecule has 6 nitrogen and oxygen atoms in total. The minimum absolute atomic E-state index is 0.164. The van der Waals surface area contributed by atoms with Crippen LogP contribution in [0.3, 0.4) is 0 Å². The second-order valence-corrected chi connectivity index (χ2v) is 9.24. The van der Waals surface area contributed by atoms with Crippen LogP contribution in [0.25, 0.3) is 0 Å². The highest BCUT2D eigenvalue weighted by molar-refractivity contribution is 5.87. The molecule has 3 rings (SSSR count). The molecule has 1 amide bonds. The smallest absolute Gasteiger partial charge is 0.326 e. The Bertz CT molecular complexity index is 904. The molecule has 1 heterocycles. The van der Waals surface area contributed by atoms with Crippen LogP contribution >= 0.6 is 0 Å². The summed E-state index contributed by atoms with van der Waals surface area (Å²) >= 11 is 0. The van der Waals surface area contributed by atoms with Crippen LogP contribution in [0.15, 0.2) is 48.5 Å². The highest BCUT2D eigenvalue weighted by Crippen LogP contribution is 2.35. The van der Waals surface area contributed by atoms with Gasteiger partial charge in [-0.1, -0.05) is 48.0 Å². The lowest BCUT2D eigenvalue weighted by molar-refractivity contribution is -0.140. The maximum atomic E-state index is 10.4. The molecule has 6 heteroatoms. The first-order valence-corrected chi connectivity index (χ1v) is 11.7. The molecule has 1 fully saturated rings. The van der Waals surface area contributed by atoms with Gasteiger partial charge in [-0.2, -0.15) is 0 Å². The number of phenols is 1. The molecule has 2 aromatic carbocycles. The Morgan fingerprint density at radius 1 is 1.09 bits per heavy atom. The number of benzene rings is 2. The van der Waals surface area contributed by atoms with Gasteiger partial charge in [-0.15, -0.1) is 0 Å². The summed E-state index contributed by atoms with van der Waals surface area (Å²) in [4.78, 5) is 23.0. The van der Waals surface area contributed by atoms with Gasteiger partial charge in [0.1, 0.15) is 11.8 Å². The lowest BCUT2D eigenvalue weighted by Gasteiger charge is -2.32. The van der Waals surface area contributed by atoms with Gasteiger partial charge < -0.3 is 15.5 Å². The molecular formula is C27H38N2O4. The normalized spacial score (nSPS) is 16.5. The maximum Gasteiger partial charge on any atom is 0.326 e. The number of carbonyl (C=O) groups excluding carboxylic acids is 1. The first-order chi connectivity index (χ1) is 15.6. The number of carbonyl (C=O) groups is 2. The van der Waals surface area contributed by atoms with Crippen molar-refractivity contribution >= 4 is 11.9 Å². The quantitative estimate of drug-likeness (QED) is 0.538. The average Bonchev–Trinajstić information content (AvgIpc) is 3.20. The Morgan fingerprint density at radius 2 is 1.73 bits per heavy atom. The van der Waals surface area contributed by atoms with Crippen LogP contribution < -0.4 is 5.32 Å². The summed E-state index contributed by atoms with van der Waals surface area (Å²) in [7, 11) is 0. The molecule has 2 atom stereocenters. The summed E-state index contributed by atoms with van der Waals surface area (Å²) in [5, 5.41) is 21.1. The molecule has 1 saturated heterocycles. The zero-order valence-electron chi connectivity index (χ0n) is 20.4. The van der Waals surface area contributed by atoms with Gasteiger partial charge in [0.05, 0.1) is 0 Å². The Morgan fingerprint density at radius 3 is 2.21 bits per heavy atom. The van der Waals surface area contributed by atoms with Gasteiger partial charge in [-0.05, 0) is 65.6 Å². The summed E-state index contributed by atoms with van der Waals surface area (Å²) in [6.07, 6.45) is 1.77. The van der Waals surface area contributed by atoms with Gasteiger partial charge in [0.2, 0.25) is 5.91 Å². The van der Waals surface area contributed by atoms with Crippen molar-refractivity contribution in [3.05, 3.63) is 65.2 Å². The zero-order chi connectivity index (χ0) is 24.5. The van der Waals surface area contributed by atoms with Crippen molar-refractivity contribution in [1.29, 1.82) is 0 Å². The third-order valence-corrected chi connectivity index (χ3v) is 6.06. The summed E-state index contributed by atoms with van der Waals surface area (Å²) in [5.41, 5.74) is 3.49. The minimum atomic E-state index is -0.944. The molecule has 1 aliphatic heterocycles. The third kappa shape index (κ3) is 7.90. The first-order valence-electron chi connectivity index (χ1n) is 11.7. The van der Waals surface area contributed by atoms with Crippen LogP contribution in [-0.4, -0.2) is 51.7 Å². The van der Waals surface area contributed by atoms with Crippen LogP contribution in [-0.2, 0) is 9.59 Å². The molecule has 180 valence electrons. The summed E-state index contributed by atoms with van der Waals surface area (Å²) < 4.78 is 0. The van der Waals surface area contributed by atoms with Crippen LogP contribution in [0.2, 0.25) is 0 Å². The van der Waals surface area contributed by atoms with Gasteiger partial charge in [-0.3, -0.25) is 9.69 Å². The van der Waals surface area contributed by atoms with E-state index in [1.807, 2.05) is 18.2 Å². The summed E-state index contributed by atoms with van der Waals surface area (Å²) in [6.45, 7) is 12.1. The molecule has 1 aliphatic rings. The van der Waals surface area contributed by atoms with Crippen LogP contribution in [0.5, 0.6) is 5.75 Å². The van der Waals surface area contributed by atoms with Gasteiger partial charge >= 0.3 is 5.97 Å². The Hall–Kier alpha value is -2.86. The topological polar surface area (TPSA) is 89.9 Å². The number of nitrogens with one attached hydrogen (secondary N) is 1. The zero-order valence-corrected chi connectivity index (χ0v) is 20.4. The standard InChI is InChI=1S/C22H31NO.C5H7NO3/c1-16(2)23(17(3)4)14-13-20(19-9-7-6-8-10-19)21-15-18(5)11-12-22(21)24;7-4-2-1-3(6-4)5(8)9/h6-12,15-17,20,24H,13-14H2,1-5H3;3H,1-2H2,(H,6,7)(H,8,9)/t20-;3-/m10/s1. The molecule has 0 spiro atoms. The Kier molecular flexibility index (Phi) is 9.92. The van der Waals surface area contributed by atoms with E-state index in [1.165, 1.54) is 11.1 Å². The van der Waals surface area contributed by atoms with Crippen molar-refractivity contribution in [3.8, 4) is 5.75 Å². The number of carboxylic acid groups (broad SMARTS) is 1. The van der Waals surface area contributed by atoms with Crippen molar-refractivity contribution in [3.63, 3.8) is 0 Å². The number of rotatable bonds is 8. The summed E-state index contributed by atoms with van der Waals surface area (Å²) in [5.74, 6) is -0.496. The SMILES string of the molecule is Cc1ccc(O)c([C@H](CCN(C(C)C)C(C)C)c2ccccc2)c1.O=C1CC[C@@H](C(=O)O)N1. The van der Waals surface area contributed by atoms with Crippen molar-refractivity contribution in [2.75, 3.05) is 6.54 Å². The second kappa shape index (κ2) is 12.4. The van der Waals surface area contributed by atoms with Gasteiger partial charge in [-0.25, -0.2) is 4.79 Å². The number of aryl methyl sites for hydroxylation is 1.